The second-order valence-electron chi connectivity index (χ2n) is 5.84. The Morgan fingerprint density at radius 1 is 1.38 bits per heavy atom. The molecule has 0 bridgehead atoms. The summed E-state index contributed by atoms with van der Waals surface area (Å²) in [5, 5.41) is 2.94. The zero-order valence-electron chi connectivity index (χ0n) is 13.6. The lowest BCUT2D eigenvalue weighted by atomic mass is 10.2. The van der Waals surface area contributed by atoms with Gasteiger partial charge in [0.2, 0.25) is 5.91 Å². The molecule has 0 aliphatic rings. The SMILES string of the molecule is CCN(CCCC(=O)Nc1cccc(CN)c1)CC(C)C. The number of hydrogen-bond donors (Lipinski definition) is 2. The number of carbonyl (C=O) groups excluding carboxylic acids is 1. The average molecular weight is 291 g/mol. The van der Waals surface area contributed by atoms with Crippen molar-refractivity contribution in [3.63, 3.8) is 0 Å². The first-order valence-electron chi connectivity index (χ1n) is 7.86. The minimum absolute atomic E-state index is 0.0739. The molecule has 0 aromatic heterocycles. The molecule has 0 spiro atoms. The predicted molar refractivity (Wildman–Crippen MR) is 89.1 cm³/mol. The van der Waals surface area contributed by atoms with Crippen LogP contribution in [-0.4, -0.2) is 30.4 Å². The first-order chi connectivity index (χ1) is 10.0. The van der Waals surface area contributed by atoms with Gasteiger partial charge in [-0.3, -0.25) is 4.79 Å². The second-order valence-corrected chi connectivity index (χ2v) is 5.84. The fraction of sp³-hybridized carbons (Fsp3) is 0.588. The van der Waals surface area contributed by atoms with E-state index in [1.807, 2.05) is 24.3 Å². The maximum absolute atomic E-state index is 11.9. The lowest BCUT2D eigenvalue weighted by Crippen LogP contribution is -2.29. The van der Waals surface area contributed by atoms with Crippen LogP contribution in [0.2, 0.25) is 0 Å². The molecular weight excluding hydrogens is 262 g/mol. The first-order valence-corrected chi connectivity index (χ1v) is 7.86. The minimum Gasteiger partial charge on any atom is -0.326 e. The number of benzene rings is 1. The van der Waals surface area contributed by atoms with E-state index in [2.05, 4.69) is 31.0 Å². The number of nitrogens with zero attached hydrogens (tertiary/aromatic N) is 1. The zero-order chi connectivity index (χ0) is 15.7. The quantitative estimate of drug-likeness (QED) is 0.735. The minimum atomic E-state index is 0.0739. The molecule has 0 aliphatic heterocycles. The molecule has 4 heteroatoms. The molecule has 0 unspecified atom stereocenters. The van der Waals surface area contributed by atoms with Crippen LogP contribution in [-0.2, 0) is 11.3 Å². The van der Waals surface area contributed by atoms with E-state index in [-0.39, 0.29) is 5.91 Å². The highest BCUT2D eigenvalue weighted by Gasteiger charge is 2.07. The van der Waals surface area contributed by atoms with Crippen LogP contribution in [0.4, 0.5) is 5.69 Å². The molecule has 0 saturated heterocycles. The van der Waals surface area contributed by atoms with Crippen molar-refractivity contribution in [2.24, 2.45) is 11.7 Å². The fourth-order valence-electron chi connectivity index (χ4n) is 2.36. The van der Waals surface area contributed by atoms with Crippen LogP contribution < -0.4 is 11.1 Å². The highest BCUT2D eigenvalue weighted by Crippen LogP contribution is 2.11. The van der Waals surface area contributed by atoms with Crippen molar-refractivity contribution in [2.75, 3.05) is 25.0 Å². The Labute approximate surface area is 128 Å². The molecule has 21 heavy (non-hydrogen) atoms. The number of nitrogens with one attached hydrogen (secondary N) is 1. The van der Waals surface area contributed by atoms with Gasteiger partial charge >= 0.3 is 0 Å². The number of rotatable bonds is 9. The molecule has 3 N–H and O–H groups in total. The highest BCUT2D eigenvalue weighted by atomic mass is 16.1. The van der Waals surface area contributed by atoms with E-state index in [1.54, 1.807) is 0 Å². The van der Waals surface area contributed by atoms with Crippen molar-refractivity contribution in [2.45, 2.75) is 40.2 Å². The van der Waals surface area contributed by atoms with Crippen LogP contribution in [0.25, 0.3) is 0 Å². The maximum Gasteiger partial charge on any atom is 0.224 e. The number of amides is 1. The summed E-state index contributed by atoms with van der Waals surface area (Å²) in [6.45, 7) is 10.2. The van der Waals surface area contributed by atoms with E-state index >= 15 is 0 Å². The van der Waals surface area contributed by atoms with Gasteiger partial charge in [0.1, 0.15) is 0 Å². The molecular formula is C17H29N3O. The standard InChI is InChI=1S/C17H29N3O/c1-4-20(13-14(2)3)10-6-9-17(21)19-16-8-5-7-15(11-16)12-18/h5,7-8,11,14H,4,6,9-10,12-13,18H2,1-3H3,(H,19,21). The monoisotopic (exact) mass is 291 g/mol. The zero-order valence-corrected chi connectivity index (χ0v) is 13.6. The summed E-state index contributed by atoms with van der Waals surface area (Å²) < 4.78 is 0. The molecule has 118 valence electrons. The lowest BCUT2D eigenvalue weighted by molar-refractivity contribution is -0.116. The molecule has 0 radical (unpaired) electrons. The van der Waals surface area contributed by atoms with E-state index in [0.29, 0.717) is 18.9 Å². The van der Waals surface area contributed by atoms with E-state index in [0.717, 1.165) is 37.3 Å². The number of anilines is 1. The Hall–Kier alpha value is -1.39. The Bertz CT molecular complexity index is 432. The average Bonchev–Trinajstić information content (AvgIpc) is 2.45. The van der Waals surface area contributed by atoms with E-state index in [1.165, 1.54) is 0 Å². The predicted octanol–water partition coefficient (Wildman–Crippen LogP) is 2.84. The van der Waals surface area contributed by atoms with Crippen molar-refractivity contribution in [1.82, 2.24) is 4.90 Å². The summed E-state index contributed by atoms with van der Waals surface area (Å²) in [5.74, 6) is 0.738. The van der Waals surface area contributed by atoms with Crippen LogP contribution in [0.15, 0.2) is 24.3 Å². The van der Waals surface area contributed by atoms with Gasteiger partial charge in [-0.2, -0.15) is 0 Å². The molecule has 1 aromatic rings. The molecule has 0 heterocycles. The molecule has 1 rings (SSSR count). The molecule has 1 amide bonds. The summed E-state index contributed by atoms with van der Waals surface area (Å²) in [5.41, 5.74) is 7.46. The van der Waals surface area contributed by atoms with Crippen molar-refractivity contribution in [3.05, 3.63) is 29.8 Å². The molecule has 4 nitrogen and oxygen atoms in total. The van der Waals surface area contributed by atoms with Gasteiger partial charge < -0.3 is 16.0 Å². The third-order valence-electron chi connectivity index (χ3n) is 3.40. The van der Waals surface area contributed by atoms with Gasteiger partial charge in [-0.15, -0.1) is 0 Å². The number of carbonyl (C=O) groups is 1. The van der Waals surface area contributed by atoms with E-state index in [4.69, 9.17) is 5.73 Å². The van der Waals surface area contributed by atoms with Gasteiger partial charge in [0, 0.05) is 25.2 Å². The Morgan fingerprint density at radius 3 is 2.76 bits per heavy atom. The van der Waals surface area contributed by atoms with Crippen molar-refractivity contribution < 1.29 is 4.79 Å². The van der Waals surface area contributed by atoms with Gasteiger partial charge in [0.25, 0.3) is 0 Å². The van der Waals surface area contributed by atoms with Crippen molar-refractivity contribution in [1.29, 1.82) is 0 Å². The Balaban J connectivity index is 2.33. The van der Waals surface area contributed by atoms with Crippen LogP contribution in [0, 0.1) is 5.92 Å². The van der Waals surface area contributed by atoms with Crippen molar-refractivity contribution in [3.8, 4) is 0 Å². The summed E-state index contributed by atoms with van der Waals surface area (Å²) >= 11 is 0. The van der Waals surface area contributed by atoms with E-state index < -0.39 is 0 Å². The molecule has 0 aliphatic carbocycles. The molecule has 0 atom stereocenters. The number of hydrogen-bond acceptors (Lipinski definition) is 3. The number of nitrogens with two attached hydrogens (primary N) is 1. The Morgan fingerprint density at radius 2 is 2.14 bits per heavy atom. The third kappa shape index (κ3) is 7.25. The van der Waals surface area contributed by atoms with Crippen LogP contribution in [0.3, 0.4) is 0 Å². The van der Waals surface area contributed by atoms with Gasteiger partial charge in [-0.1, -0.05) is 32.9 Å². The van der Waals surface area contributed by atoms with Gasteiger partial charge in [-0.25, -0.2) is 0 Å². The fourth-order valence-corrected chi connectivity index (χ4v) is 2.36. The van der Waals surface area contributed by atoms with Crippen LogP contribution >= 0.6 is 0 Å². The lowest BCUT2D eigenvalue weighted by Gasteiger charge is -2.22. The van der Waals surface area contributed by atoms with Crippen molar-refractivity contribution >= 4 is 11.6 Å². The molecule has 0 fully saturated rings. The van der Waals surface area contributed by atoms with Gasteiger partial charge in [0.05, 0.1) is 0 Å². The summed E-state index contributed by atoms with van der Waals surface area (Å²) in [6, 6.07) is 7.70. The molecule has 0 saturated carbocycles. The molecule has 1 aromatic carbocycles. The smallest absolute Gasteiger partial charge is 0.224 e. The van der Waals surface area contributed by atoms with Crippen LogP contribution in [0.5, 0.6) is 0 Å². The topological polar surface area (TPSA) is 58.4 Å². The third-order valence-corrected chi connectivity index (χ3v) is 3.40. The van der Waals surface area contributed by atoms with E-state index in [9.17, 15) is 4.79 Å². The van der Waals surface area contributed by atoms with Crippen LogP contribution in [0.1, 0.15) is 39.2 Å². The summed E-state index contributed by atoms with van der Waals surface area (Å²) in [6.07, 6.45) is 1.45. The second kappa shape index (κ2) is 9.53. The maximum atomic E-state index is 11.9. The summed E-state index contributed by atoms with van der Waals surface area (Å²) in [4.78, 5) is 14.3. The largest absolute Gasteiger partial charge is 0.326 e. The first kappa shape index (κ1) is 17.7. The Kier molecular flexibility index (Phi) is 8.01. The van der Waals surface area contributed by atoms with Gasteiger partial charge in [-0.05, 0) is 43.1 Å². The van der Waals surface area contributed by atoms with Gasteiger partial charge in [0.15, 0.2) is 0 Å². The normalized spacial score (nSPS) is 11.1. The highest BCUT2D eigenvalue weighted by molar-refractivity contribution is 5.90. The summed E-state index contributed by atoms with van der Waals surface area (Å²) in [7, 11) is 0.